The highest BCUT2D eigenvalue weighted by Crippen LogP contribution is 2.42. The number of piperazine rings is 1. The molecule has 1 aromatic carbocycles. The smallest absolute Gasteiger partial charge is 0.406 e. The predicted octanol–water partition coefficient (Wildman–Crippen LogP) is 3.35. The van der Waals surface area contributed by atoms with E-state index in [2.05, 4.69) is 31.8 Å². The summed E-state index contributed by atoms with van der Waals surface area (Å²) in [4.78, 5) is 26.2. The van der Waals surface area contributed by atoms with E-state index < -0.39 is 18.4 Å². The lowest BCUT2D eigenvalue weighted by atomic mass is 9.96. The summed E-state index contributed by atoms with van der Waals surface area (Å²) in [7, 11) is 0. The second-order valence-corrected chi connectivity index (χ2v) is 9.69. The Morgan fingerprint density at radius 3 is 2.44 bits per heavy atom. The van der Waals surface area contributed by atoms with Crippen LogP contribution in [0.25, 0.3) is 0 Å². The summed E-state index contributed by atoms with van der Waals surface area (Å²) in [5.74, 6) is 0.0250. The van der Waals surface area contributed by atoms with Gasteiger partial charge in [0.25, 0.3) is 0 Å². The Hall–Kier alpha value is -2.92. The minimum absolute atomic E-state index is 0.0796. The van der Waals surface area contributed by atoms with Crippen molar-refractivity contribution in [1.82, 2.24) is 20.2 Å². The third-order valence-corrected chi connectivity index (χ3v) is 6.71. The van der Waals surface area contributed by atoms with Crippen molar-refractivity contribution in [2.75, 3.05) is 37.6 Å². The second-order valence-electron chi connectivity index (χ2n) is 9.69. The molecule has 11 heteroatoms. The number of fused-ring (bicyclic) bond motifs is 1. The molecular weight excluding hydrogens is 475 g/mol. The number of aromatic nitrogens is 2. The number of carbonyl (C=O) groups is 1. The minimum atomic E-state index is -4.77. The van der Waals surface area contributed by atoms with Crippen molar-refractivity contribution in [3.63, 3.8) is 0 Å². The number of aliphatic hydroxyl groups excluding tert-OH is 1. The number of anilines is 1. The number of ether oxygens (including phenoxy) is 1. The number of halogens is 3. The molecule has 1 saturated heterocycles. The Morgan fingerprint density at radius 1 is 1.17 bits per heavy atom. The van der Waals surface area contributed by atoms with Gasteiger partial charge in [0.2, 0.25) is 5.91 Å². The van der Waals surface area contributed by atoms with Crippen molar-refractivity contribution in [1.29, 1.82) is 0 Å². The molecule has 1 amide bonds. The van der Waals surface area contributed by atoms with Crippen LogP contribution in [0.15, 0.2) is 30.6 Å². The molecule has 196 valence electrons. The molecule has 0 spiro atoms. The number of amides is 1. The van der Waals surface area contributed by atoms with E-state index in [1.807, 2.05) is 13.8 Å². The van der Waals surface area contributed by atoms with Crippen LogP contribution in [0, 0.1) is 0 Å². The molecule has 8 nitrogen and oxygen atoms in total. The van der Waals surface area contributed by atoms with Crippen molar-refractivity contribution in [3.05, 3.63) is 47.4 Å². The summed E-state index contributed by atoms with van der Waals surface area (Å²) >= 11 is 0. The minimum Gasteiger partial charge on any atom is -0.406 e. The summed E-state index contributed by atoms with van der Waals surface area (Å²) < 4.78 is 41.6. The average molecular weight is 508 g/mol. The van der Waals surface area contributed by atoms with E-state index in [1.54, 1.807) is 4.90 Å². The standard InChI is InChI=1S/C25H32F3N5O3/c1-15(2)29-13-19(17-4-6-18(7-5-17)36-25(26,27)28)24(35)33-10-8-32(9-11-33)23-21-16(3)12-20(34)22(21)30-14-31-23/h4-7,14-16,19-20,29,34H,8-13H2,1-3H3/t16-,19-,20-/m1/s1. The molecule has 1 aliphatic carbocycles. The lowest BCUT2D eigenvalue weighted by molar-refractivity contribution is -0.274. The Kier molecular flexibility index (Phi) is 7.70. The summed E-state index contributed by atoms with van der Waals surface area (Å²) in [6.07, 6.45) is -3.25. The van der Waals surface area contributed by atoms with Gasteiger partial charge >= 0.3 is 6.36 Å². The van der Waals surface area contributed by atoms with E-state index in [0.29, 0.717) is 50.4 Å². The van der Waals surface area contributed by atoms with Crippen LogP contribution in [0.2, 0.25) is 0 Å². The first kappa shape index (κ1) is 26.2. The van der Waals surface area contributed by atoms with Gasteiger partial charge in [0.05, 0.1) is 17.7 Å². The van der Waals surface area contributed by atoms with Gasteiger partial charge < -0.3 is 25.0 Å². The van der Waals surface area contributed by atoms with Gasteiger partial charge in [0.1, 0.15) is 17.9 Å². The zero-order valence-corrected chi connectivity index (χ0v) is 20.6. The van der Waals surface area contributed by atoms with E-state index in [4.69, 9.17) is 0 Å². The molecule has 0 saturated carbocycles. The van der Waals surface area contributed by atoms with Crippen LogP contribution >= 0.6 is 0 Å². The Labute approximate surface area is 208 Å². The maximum absolute atomic E-state index is 13.5. The van der Waals surface area contributed by atoms with Crippen molar-refractivity contribution in [2.45, 2.75) is 57.5 Å². The van der Waals surface area contributed by atoms with Gasteiger partial charge in [0, 0.05) is 44.3 Å². The first-order valence-corrected chi connectivity index (χ1v) is 12.2. The molecule has 2 N–H and O–H groups in total. The quantitative estimate of drug-likeness (QED) is 0.594. The van der Waals surface area contributed by atoms with Gasteiger partial charge in [-0.1, -0.05) is 32.9 Å². The fourth-order valence-corrected chi connectivity index (χ4v) is 4.92. The molecular formula is C25H32F3N5O3. The summed E-state index contributed by atoms with van der Waals surface area (Å²) in [5.41, 5.74) is 2.29. The first-order valence-electron chi connectivity index (χ1n) is 12.2. The molecule has 0 bridgehead atoms. The van der Waals surface area contributed by atoms with Gasteiger partial charge in [-0.05, 0) is 30.0 Å². The third kappa shape index (κ3) is 5.89. The Morgan fingerprint density at radius 2 is 1.83 bits per heavy atom. The highest BCUT2D eigenvalue weighted by atomic mass is 19.4. The number of hydrogen-bond acceptors (Lipinski definition) is 7. The molecule has 2 aliphatic rings. The van der Waals surface area contributed by atoms with E-state index >= 15 is 0 Å². The molecule has 1 aromatic heterocycles. The van der Waals surface area contributed by atoms with Crippen LogP contribution in [-0.2, 0) is 4.79 Å². The van der Waals surface area contributed by atoms with Crippen LogP contribution in [0.5, 0.6) is 5.75 Å². The van der Waals surface area contributed by atoms with Crippen LogP contribution in [0.1, 0.15) is 62.0 Å². The topological polar surface area (TPSA) is 90.8 Å². The molecule has 4 rings (SSSR count). The number of hydrogen-bond donors (Lipinski definition) is 2. The Balaban J connectivity index is 1.46. The molecule has 2 aromatic rings. The molecule has 2 heterocycles. The molecule has 1 fully saturated rings. The van der Waals surface area contributed by atoms with Crippen molar-refractivity contribution in [2.24, 2.45) is 0 Å². The zero-order valence-electron chi connectivity index (χ0n) is 20.6. The van der Waals surface area contributed by atoms with Crippen molar-refractivity contribution in [3.8, 4) is 5.75 Å². The maximum Gasteiger partial charge on any atom is 0.573 e. The van der Waals surface area contributed by atoms with E-state index in [9.17, 15) is 23.1 Å². The number of rotatable bonds is 7. The molecule has 0 radical (unpaired) electrons. The summed E-state index contributed by atoms with van der Waals surface area (Å²) in [6, 6.07) is 5.64. The maximum atomic E-state index is 13.5. The van der Waals surface area contributed by atoms with Crippen LogP contribution in [0.3, 0.4) is 0 Å². The summed E-state index contributed by atoms with van der Waals surface area (Å²) in [6.45, 7) is 8.51. The average Bonchev–Trinajstić information content (AvgIpc) is 3.12. The monoisotopic (exact) mass is 507 g/mol. The lowest BCUT2D eigenvalue weighted by Crippen LogP contribution is -2.51. The van der Waals surface area contributed by atoms with E-state index in [1.165, 1.54) is 30.6 Å². The fourth-order valence-electron chi connectivity index (χ4n) is 4.92. The Bertz CT molecular complexity index is 1060. The number of carbonyl (C=O) groups excluding carboxylic acids is 1. The fraction of sp³-hybridized carbons (Fsp3) is 0.560. The number of nitrogens with zero attached hydrogens (tertiary/aromatic N) is 4. The van der Waals surface area contributed by atoms with Gasteiger partial charge in [-0.2, -0.15) is 0 Å². The van der Waals surface area contributed by atoms with Gasteiger partial charge in [-0.3, -0.25) is 4.79 Å². The number of aliphatic hydroxyl groups is 1. The molecule has 3 atom stereocenters. The molecule has 0 unspecified atom stereocenters. The number of benzene rings is 1. The highest BCUT2D eigenvalue weighted by Gasteiger charge is 2.35. The number of nitrogens with one attached hydrogen (secondary N) is 1. The van der Waals surface area contributed by atoms with Crippen molar-refractivity contribution >= 4 is 11.7 Å². The SMILES string of the molecule is CC(C)NC[C@@H](C(=O)N1CCN(c2ncnc3c2[C@H](C)C[C@H]3O)CC1)c1ccc(OC(F)(F)F)cc1. The van der Waals surface area contributed by atoms with Gasteiger partial charge in [0.15, 0.2) is 0 Å². The molecule has 1 aliphatic heterocycles. The second kappa shape index (κ2) is 10.6. The highest BCUT2D eigenvalue weighted by molar-refractivity contribution is 5.84. The largest absolute Gasteiger partial charge is 0.573 e. The van der Waals surface area contributed by atoms with Crippen LogP contribution in [0.4, 0.5) is 19.0 Å². The number of alkyl halides is 3. The summed E-state index contributed by atoms with van der Waals surface area (Å²) in [5, 5.41) is 13.6. The van der Waals surface area contributed by atoms with Crippen LogP contribution < -0.4 is 15.0 Å². The third-order valence-electron chi connectivity index (χ3n) is 6.71. The molecule has 36 heavy (non-hydrogen) atoms. The lowest BCUT2D eigenvalue weighted by Gasteiger charge is -2.38. The zero-order chi connectivity index (χ0) is 26.0. The van der Waals surface area contributed by atoms with Gasteiger partial charge in [-0.15, -0.1) is 13.2 Å². The van der Waals surface area contributed by atoms with Gasteiger partial charge in [-0.25, -0.2) is 9.97 Å². The van der Waals surface area contributed by atoms with Crippen molar-refractivity contribution < 1.29 is 27.8 Å². The van der Waals surface area contributed by atoms with Crippen LogP contribution in [-0.4, -0.2) is 71.0 Å². The first-order chi connectivity index (χ1) is 17.0. The van der Waals surface area contributed by atoms with E-state index in [0.717, 1.165) is 11.4 Å². The normalized spacial score (nSPS) is 21.0. The predicted molar refractivity (Wildman–Crippen MR) is 128 cm³/mol. The van der Waals surface area contributed by atoms with E-state index in [-0.39, 0.29) is 23.6 Å².